The van der Waals surface area contributed by atoms with Crippen molar-refractivity contribution in [1.29, 1.82) is 0 Å². The summed E-state index contributed by atoms with van der Waals surface area (Å²) in [7, 11) is 0. The summed E-state index contributed by atoms with van der Waals surface area (Å²) in [5.74, 6) is -2.21. The zero-order valence-corrected chi connectivity index (χ0v) is 21.7. The molecule has 3 aliphatic heterocycles. The van der Waals surface area contributed by atoms with Crippen molar-refractivity contribution in [1.82, 2.24) is 9.80 Å². The van der Waals surface area contributed by atoms with Crippen LogP contribution in [-0.2, 0) is 9.53 Å². The van der Waals surface area contributed by atoms with E-state index in [9.17, 15) is 18.0 Å². The van der Waals surface area contributed by atoms with Gasteiger partial charge in [0.1, 0.15) is 17.5 Å². The molecule has 3 heterocycles. The highest BCUT2D eigenvalue weighted by molar-refractivity contribution is 5.81. The van der Waals surface area contributed by atoms with Gasteiger partial charge in [-0.25, -0.2) is 13.2 Å². The molecular formula is C29H36F3N3O2. The number of anilines is 1. The molecule has 3 saturated heterocycles. The molecule has 5 nitrogen and oxygen atoms in total. The summed E-state index contributed by atoms with van der Waals surface area (Å²) in [4.78, 5) is 20.5. The van der Waals surface area contributed by atoms with Crippen LogP contribution in [0.2, 0.25) is 0 Å². The van der Waals surface area contributed by atoms with Gasteiger partial charge in [0.05, 0.1) is 12.0 Å². The van der Waals surface area contributed by atoms with Gasteiger partial charge in [-0.15, -0.1) is 0 Å². The number of ether oxygens (including phenoxy) is 1. The molecule has 0 radical (unpaired) electrons. The number of hydrogen-bond donors (Lipinski definition) is 0. The fourth-order valence-corrected chi connectivity index (χ4v) is 6.67. The molecule has 6 atom stereocenters. The van der Waals surface area contributed by atoms with Crippen molar-refractivity contribution in [3.8, 4) is 0 Å². The zero-order chi connectivity index (χ0) is 26.3. The van der Waals surface area contributed by atoms with E-state index in [1.807, 2.05) is 4.90 Å². The zero-order valence-electron chi connectivity index (χ0n) is 21.7. The van der Waals surface area contributed by atoms with Gasteiger partial charge in [-0.05, 0) is 69.5 Å². The lowest BCUT2D eigenvalue weighted by atomic mass is 9.87. The van der Waals surface area contributed by atoms with Gasteiger partial charge in [-0.2, -0.15) is 0 Å². The van der Waals surface area contributed by atoms with Crippen molar-refractivity contribution in [3.63, 3.8) is 0 Å². The van der Waals surface area contributed by atoms with Crippen molar-refractivity contribution >= 4 is 11.6 Å². The number of piperazine rings is 1. The van der Waals surface area contributed by atoms with Gasteiger partial charge >= 0.3 is 0 Å². The third-order valence-corrected chi connectivity index (χ3v) is 8.36. The van der Waals surface area contributed by atoms with Gasteiger partial charge in [-0.3, -0.25) is 9.69 Å². The van der Waals surface area contributed by atoms with E-state index in [0.717, 1.165) is 24.6 Å². The molecule has 2 aromatic carbocycles. The van der Waals surface area contributed by atoms with Crippen molar-refractivity contribution in [2.45, 2.75) is 63.8 Å². The number of benzene rings is 2. The summed E-state index contributed by atoms with van der Waals surface area (Å²) in [5, 5.41) is 0. The quantitative estimate of drug-likeness (QED) is 0.586. The SMILES string of the molecule is C[C@@H]1C[C@@H](N2C[C@H](C(=O)N3C[C@@H](C)N(c4ccc(F)cc4)[C@@H](C)C3)[C@@H](c3ccc(F)cc3F)C2)CCO1. The van der Waals surface area contributed by atoms with Crippen LogP contribution < -0.4 is 4.90 Å². The molecule has 3 fully saturated rings. The maximum absolute atomic E-state index is 15.0. The van der Waals surface area contributed by atoms with Crippen molar-refractivity contribution in [2.24, 2.45) is 5.92 Å². The summed E-state index contributed by atoms with van der Waals surface area (Å²) in [6.07, 6.45) is 1.91. The van der Waals surface area contributed by atoms with Crippen LogP contribution in [0.1, 0.15) is 45.1 Å². The van der Waals surface area contributed by atoms with Crippen LogP contribution in [0, 0.1) is 23.4 Å². The summed E-state index contributed by atoms with van der Waals surface area (Å²) >= 11 is 0. The van der Waals surface area contributed by atoms with Crippen LogP contribution in [0.3, 0.4) is 0 Å². The van der Waals surface area contributed by atoms with Crippen molar-refractivity contribution < 1.29 is 22.7 Å². The number of amides is 1. The number of hydrogen-bond acceptors (Lipinski definition) is 4. The van der Waals surface area contributed by atoms with Gasteiger partial charge in [0, 0.05) is 68.6 Å². The van der Waals surface area contributed by atoms with Gasteiger partial charge in [-0.1, -0.05) is 6.07 Å². The largest absolute Gasteiger partial charge is 0.378 e. The minimum absolute atomic E-state index is 0.0220. The molecule has 0 N–H and O–H groups in total. The molecule has 0 unspecified atom stereocenters. The van der Waals surface area contributed by atoms with Crippen LogP contribution in [0.15, 0.2) is 42.5 Å². The van der Waals surface area contributed by atoms with Crippen LogP contribution in [-0.4, -0.2) is 72.7 Å². The molecule has 0 aliphatic carbocycles. The van der Waals surface area contributed by atoms with Gasteiger partial charge in [0.15, 0.2) is 0 Å². The monoisotopic (exact) mass is 515 g/mol. The summed E-state index contributed by atoms with van der Waals surface area (Å²) < 4.78 is 47.9. The Balaban J connectivity index is 1.37. The van der Waals surface area contributed by atoms with Gasteiger partial charge < -0.3 is 14.5 Å². The molecule has 0 saturated carbocycles. The van der Waals surface area contributed by atoms with E-state index in [1.165, 1.54) is 24.3 Å². The summed E-state index contributed by atoms with van der Waals surface area (Å²) in [6.45, 7) is 9.06. The first-order valence-electron chi connectivity index (χ1n) is 13.3. The first-order valence-corrected chi connectivity index (χ1v) is 13.3. The highest BCUT2D eigenvalue weighted by atomic mass is 19.1. The Labute approximate surface area is 217 Å². The number of halogens is 3. The maximum Gasteiger partial charge on any atom is 0.227 e. The Bertz CT molecular complexity index is 1100. The van der Waals surface area contributed by atoms with E-state index >= 15 is 0 Å². The molecular weight excluding hydrogens is 479 g/mol. The van der Waals surface area contributed by atoms with Crippen molar-refractivity contribution in [3.05, 3.63) is 65.5 Å². The van der Waals surface area contributed by atoms with E-state index in [4.69, 9.17) is 4.74 Å². The normalized spacial score (nSPS) is 31.1. The standard InChI is InChI=1S/C29H36F3N3O2/c1-18-14-34(15-19(2)35(18)23-7-4-21(30)5-8-23)29(36)27-17-33(24-10-11-37-20(3)12-24)16-26(27)25-9-6-22(31)13-28(25)32/h4-9,13,18-20,24,26-27H,10-12,14-17H2,1-3H3/t18-,19+,20-,24+,26-,27+/m1/s1. The molecule has 1 amide bonds. The molecule has 200 valence electrons. The van der Waals surface area contributed by atoms with Crippen LogP contribution in [0.25, 0.3) is 0 Å². The van der Waals surface area contributed by atoms with Gasteiger partial charge in [0.2, 0.25) is 5.91 Å². The van der Waals surface area contributed by atoms with E-state index in [2.05, 4.69) is 30.6 Å². The number of nitrogens with zero attached hydrogens (tertiary/aromatic N) is 3. The number of carbonyl (C=O) groups is 1. The summed E-state index contributed by atoms with van der Waals surface area (Å²) in [6, 6.07) is 10.5. The predicted molar refractivity (Wildman–Crippen MR) is 137 cm³/mol. The van der Waals surface area contributed by atoms with Crippen LogP contribution in [0.5, 0.6) is 0 Å². The van der Waals surface area contributed by atoms with E-state index in [1.54, 1.807) is 12.1 Å². The molecule has 0 bridgehead atoms. The van der Waals surface area contributed by atoms with Crippen LogP contribution >= 0.6 is 0 Å². The highest BCUT2D eigenvalue weighted by Gasteiger charge is 2.45. The first kappa shape index (κ1) is 26.0. The molecule has 3 aliphatic rings. The second-order valence-corrected chi connectivity index (χ2v) is 11.0. The minimum atomic E-state index is -0.614. The second-order valence-electron chi connectivity index (χ2n) is 11.0. The number of rotatable bonds is 4. The van der Waals surface area contributed by atoms with Crippen LogP contribution in [0.4, 0.5) is 18.9 Å². The smallest absolute Gasteiger partial charge is 0.227 e. The fourth-order valence-electron chi connectivity index (χ4n) is 6.67. The maximum atomic E-state index is 15.0. The molecule has 8 heteroatoms. The Morgan fingerprint density at radius 3 is 2.22 bits per heavy atom. The fraction of sp³-hybridized carbons (Fsp3) is 0.552. The Kier molecular flexibility index (Phi) is 7.50. The van der Waals surface area contributed by atoms with E-state index in [0.29, 0.717) is 38.3 Å². The number of carbonyl (C=O) groups excluding carboxylic acids is 1. The summed E-state index contributed by atoms with van der Waals surface area (Å²) in [5.41, 5.74) is 1.34. The third-order valence-electron chi connectivity index (χ3n) is 8.36. The molecule has 0 spiro atoms. The van der Waals surface area contributed by atoms with E-state index in [-0.39, 0.29) is 41.9 Å². The lowest BCUT2D eigenvalue weighted by molar-refractivity contribution is -0.137. The molecule has 2 aromatic rings. The lowest BCUT2D eigenvalue weighted by Crippen LogP contribution is -2.59. The van der Waals surface area contributed by atoms with Gasteiger partial charge in [0.25, 0.3) is 0 Å². The molecule has 37 heavy (non-hydrogen) atoms. The lowest BCUT2D eigenvalue weighted by Gasteiger charge is -2.46. The van der Waals surface area contributed by atoms with Crippen molar-refractivity contribution in [2.75, 3.05) is 37.7 Å². The molecule has 5 rings (SSSR count). The Morgan fingerprint density at radius 1 is 0.892 bits per heavy atom. The average molecular weight is 516 g/mol. The average Bonchev–Trinajstić information content (AvgIpc) is 3.29. The second kappa shape index (κ2) is 10.7. The predicted octanol–water partition coefficient (Wildman–Crippen LogP) is 4.81. The number of likely N-dealkylation sites (tertiary alicyclic amines) is 1. The Morgan fingerprint density at radius 2 is 1.57 bits per heavy atom. The first-order chi connectivity index (χ1) is 17.7. The molecule has 0 aromatic heterocycles. The Hall–Kier alpha value is -2.58. The minimum Gasteiger partial charge on any atom is -0.378 e. The van der Waals surface area contributed by atoms with E-state index < -0.39 is 17.6 Å². The highest BCUT2D eigenvalue weighted by Crippen LogP contribution is 2.39. The third kappa shape index (κ3) is 5.36. The topological polar surface area (TPSA) is 36.0 Å².